The Bertz CT molecular complexity index is 683. The van der Waals surface area contributed by atoms with Crippen molar-refractivity contribution in [2.75, 3.05) is 5.32 Å². The van der Waals surface area contributed by atoms with Crippen LogP contribution in [0.15, 0.2) is 36.4 Å². The fourth-order valence-electron chi connectivity index (χ4n) is 1.75. The van der Waals surface area contributed by atoms with Crippen LogP contribution in [0.25, 0.3) is 0 Å². The first-order chi connectivity index (χ1) is 9.47. The van der Waals surface area contributed by atoms with Crippen molar-refractivity contribution in [1.29, 1.82) is 0 Å². The summed E-state index contributed by atoms with van der Waals surface area (Å²) in [6.45, 7) is 3.44. The first kappa shape index (κ1) is 13.7. The highest BCUT2D eigenvalue weighted by Gasteiger charge is 2.15. The standard InChI is InChI=1S/C14H13N3O3/c1-9-6-7-11(8-12(9)17(19)20)14(18)16-13-5-3-4-10(2)15-13/h3-8H,1-2H3,(H,15,16,18). The van der Waals surface area contributed by atoms with Gasteiger partial charge in [-0.25, -0.2) is 4.98 Å². The second-order valence-corrected chi connectivity index (χ2v) is 4.38. The predicted octanol–water partition coefficient (Wildman–Crippen LogP) is 2.86. The molecule has 0 bridgehead atoms. The normalized spacial score (nSPS) is 10.1. The van der Waals surface area contributed by atoms with E-state index in [4.69, 9.17) is 0 Å². The average molecular weight is 271 g/mol. The van der Waals surface area contributed by atoms with E-state index in [0.29, 0.717) is 11.4 Å². The SMILES string of the molecule is Cc1cccc(NC(=O)c2ccc(C)c([N+](=O)[O-])c2)n1. The first-order valence-corrected chi connectivity index (χ1v) is 5.97. The van der Waals surface area contributed by atoms with E-state index in [0.717, 1.165) is 5.69 Å². The molecule has 0 atom stereocenters. The molecule has 0 saturated heterocycles. The van der Waals surface area contributed by atoms with E-state index in [-0.39, 0.29) is 11.3 Å². The van der Waals surface area contributed by atoms with Crippen molar-refractivity contribution in [3.63, 3.8) is 0 Å². The van der Waals surface area contributed by atoms with Crippen LogP contribution in [0, 0.1) is 24.0 Å². The molecule has 0 fully saturated rings. The molecule has 0 aliphatic heterocycles. The number of aromatic nitrogens is 1. The fourth-order valence-corrected chi connectivity index (χ4v) is 1.75. The number of hydrogen-bond donors (Lipinski definition) is 1. The second-order valence-electron chi connectivity index (χ2n) is 4.38. The maximum Gasteiger partial charge on any atom is 0.273 e. The maximum absolute atomic E-state index is 12.0. The average Bonchev–Trinajstić information content (AvgIpc) is 2.38. The number of nitrogens with zero attached hydrogens (tertiary/aromatic N) is 2. The fraction of sp³-hybridized carbons (Fsp3) is 0.143. The van der Waals surface area contributed by atoms with Gasteiger partial charge in [0.1, 0.15) is 5.82 Å². The highest BCUT2D eigenvalue weighted by molar-refractivity contribution is 6.04. The Hall–Kier alpha value is -2.76. The molecular weight excluding hydrogens is 258 g/mol. The summed E-state index contributed by atoms with van der Waals surface area (Å²) >= 11 is 0. The van der Waals surface area contributed by atoms with Crippen LogP contribution in [0.3, 0.4) is 0 Å². The molecule has 1 amide bonds. The highest BCUT2D eigenvalue weighted by atomic mass is 16.6. The number of hydrogen-bond acceptors (Lipinski definition) is 4. The van der Waals surface area contributed by atoms with Gasteiger partial charge in [-0.1, -0.05) is 12.1 Å². The summed E-state index contributed by atoms with van der Waals surface area (Å²) in [6.07, 6.45) is 0. The van der Waals surface area contributed by atoms with Crippen LogP contribution in [-0.2, 0) is 0 Å². The molecule has 1 aromatic carbocycles. The number of carbonyl (C=O) groups is 1. The third kappa shape index (κ3) is 2.97. The van der Waals surface area contributed by atoms with Gasteiger partial charge in [-0.2, -0.15) is 0 Å². The Morgan fingerprint density at radius 2 is 2.00 bits per heavy atom. The van der Waals surface area contributed by atoms with E-state index in [9.17, 15) is 14.9 Å². The number of carbonyl (C=O) groups excluding carboxylic acids is 1. The zero-order chi connectivity index (χ0) is 14.7. The van der Waals surface area contributed by atoms with E-state index in [1.54, 1.807) is 31.2 Å². The summed E-state index contributed by atoms with van der Waals surface area (Å²) < 4.78 is 0. The number of rotatable bonds is 3. The molecule has 0 spiro atoms. The number of pyridine rings is 1. The molecule has 0 aliphatic carbocycles. The van der Waals surface area contributed by atoms with Crippen molar-refractivity contribution in [3.05, 3.63) is 63.3 Å². The second kappa shape index (κ2) is 5.48. The smallest absolute Gasteiger partial charge is 0.273 e. The molecule has 102 valence electrons. The lowest BCUT2D eigenvalue weighted by atomic mass is 10.1. The Kier molecular flexibility index (Phi) is 3.74. The van der Waals surface area contributed by atoms with Crippen molar-refractivity contribution in [2.45, 2.75) is 13.8 Å². The van der Waals surface area contributed by atoms with Gasteiger partial charge in [0.25, 0.3) is 11.6 Å². The molecule has 0 unspecified atom stereocenters. The Morgan fingerprint density at radius 3 is 2.65 bits per heavy atom. The van der Waals surface area contributed by atoms with Gasteiger partial charge in [0, 0.05) is 22.9 Å². The number of nitrogens with one attached hydrogen (secondary N) is 1. The van der Waals surface area contributed by atoms with Crippen LogP contribution in [0.2, 0.25) is 0 Å². The number of amides is 1. The molecule has 6 nitrogen and oxygen atoms in total. The number of nitro benzene ring substituents is 1. The lowest BCUT2D eigenvalue weighted by molar-refractivity contribution is -0.385. The van der Waals surface area contributed by atoms with Crippen LogP contribution in [0.5, 0.6) is 0 Å². The summed E-state index contributed by atoms with van der Waals surface area (Å²) in [5.41, 5.74) is 1.44. The monoisotopic (exact) mass is 271 g/mol. The summed E-state index contributed by atoms with van der Waals surface area (Å²) in [5.74, 6) is -0.00979. The Morgan fingerprint density at radius 1 is 1.25 bits per heavy atom. The van der Waals surface area contributed by atoms with Crippen molar-refractivity contribution in [2.24, 2.45) is 0 Å². The number of benzene rings is 1. The van der Waals surface area contributed by atoms with Crippen LogP contribution in [-0.4, -0.2) is 15.8 Å². The third-order valence-electron chi connectivity index (χ3n) is 2.80. The predicted molar refractivity (Wildman–Crippen MR) is 74.8 cm³/mol. The van der Waals surface area contributed by atoms with Gasteiger partial charge in [0.2, 0.25) is 0 Å². The maximum atomic E-state index is 12.0. The Balaban J connectivity index is 2.26. The highest BCUT2D eigenvalue weighted by Crippen LogP contribution is 2.19. The van der Waals surface area contributed by atoms with E-state index in [1.165, 1.54) is 6.07 Å². The molecular formula is C14H13N3O3. The molecule has 0 aliphatic rings. The minimum absolute atomic E-state index is 0.0742. The molecule has 1 heterocycles. The van der Waals surface area contributed by atoms with Gasteiger partial charge in [-0.15, -0.1) is 0 Å². The van der Waals surface area contributed by atoms with Gasteiger partial charge >= 0.3 is 0 Å². The van der Waals surface area contributed by atoms with Gasteiger partial charge in [-0.05, 0) is 32.0 Å². The zero-order valence-electron chi connectivity index (χ0n) is 11.1. The minimum atomic E-state index is -0.503. The van der Waals surface area contributed by atoms with E-state index in [2.05, 4.69) is 10.3 Å². The number of aryl methyl sites for hydroxylation is 2. The topological polar surface area (TPSA) is 85.1 Å². The molecule has 1 aromatic heterocycles. The van der Waals surface area contributed by atoms with Gasteiger partial charge in [0.05, 0.1) is 4.92 Å². The van der Waals surface area contributed by atoms with Crippen LogP contribution in [0.1, 0.15) is 21.6 Å². The zero-order valence-corrected chi connectivity index (χ0v) is 11.1. The van der Waals surface area contributed by atoms with Gasteiger partial charge in [-0.3, -0.25) is 14.9 Å². The molecule has 2 aromatic rings. The van der Waals surface area contributed by atoms with Crippen LogP contribution < -0.4 is 5.32 Å². The summed E-state index contributed by atoms with van der Waals surface area (Å²) in [7, 11) is 0. The minimum Gasteiger partial charge on any atom is -0.307 e. The lowest BCUT2D eigenvalue weighted by Gasteiger charge is -2.06. The van der Waals surface area contributed by atoms with E-state index >= 15 is 0 Å². The van der Waals surface area contributed by atoms with Crippen LogP contribution in [0.4, 0.5) is 11.5 Å². The van der Waals surface area contributed by atoms with Crippen molar-refractivity contribution in [1.82, 2.24) is 4.98 Å². The largest absolute Gasteiger partial charge is 0.307 e. The van der Waals surface area contributed by atoms with E-state index in [1.807, 2.05) is 13.0 Å². The molecule has 0 saturated carbocycles. The quantitative estimate of drug-likeness (QED) is 0.687. The molecule has 2 rings (SSSR count). The molecule has 0 radical (unpaired) electrons. The summed E-state index contributed by atoms with van der Waals surface area (Å²) in [6, 6.07) is 9.61. The van der Waals surface area contributed by atoms with Crippen molar-refractivity contribution >= 4 is 17.4 Å². The van der Waals surface area contributed by atoms with Crippen LogP contribution >= 0.6 is 0 Å². The van der Waals surface area contributed by atoms with E-state index < -0.39 is 10.8 Å². The van der Waals surface area contributed by atoms with Crippen molar-refractivity contribution in [3.8, 4) is 0 Å². The lowest BCUT2D eigenvalue weighted by Crippen LogP contribution is -2.13. The Labute approximate surface area is 115 Å². The van der Waals surface area contributed by atoms with Crippen molar-refractivity contribution < 1.29 is 9.72 Å². The summed E-state index contributed by atoms with van der Waals surface area (Å²) in [5, 5.41) is 13.5. The molecule has 20 heavy (non-hydrogen) atoms. The summed E-state index contributed by atoms with van der Waals surface area (Å²) in [4.78, 5) is 26.5. The number of nitro groups is 1. The number of anilines is 1. The molecule has 6 heteroatoms. The molecule has 1 N–H and O–H groups in total. The van der Waals surface area contributed by atoms with Gasteiger partial charge in [0.15, 0.2) is 0 Å². The van der Waals surface area contributed by atoms with Gasteiger partial charge < -0.3 is 5.32 Å². The third-order valence-corrected chi connectivity index (χ3v) is 2.80. The first-order valence-electron chi connectivity index (χ1n) is 5.97.